The summed E-state index contributed by atoms with van der Waals surface area (Å²) in [5.74, 6) is 0. The minimum Gasteiger partial charge on any atom is -0.326 e. The van der Waals surface area contributed by atoms with Crippen LogP contribution in [0.15, 0.2) is 27.6 Å². The van der Waals surface area contributed by atoms with E-state index in [4.69, 9.17) is 5.73 Å². The predicted octanol–water partition coefficient (Wildman–Crippen LogP) is 1.69. The molecule has 0 bridgehead atoms. The fourth-order valence-corrected chi connectivity index (χ4v) is 4.55. The lowest BCUT2D eigenvalue weighted by molar-refractivity contribution is 0.477. The van der Waals surface area contributed by atoms with Gasteiger partial charge in [-0.3, -0.25) is 0 Å². The maximum atomic E-state index is 12.3. The lowest BCUT2D eigenvalue weighted by Gasteiger charge is -2.16. The monoisotopic (exact) mass is 318 g/mol. The number of rotatable bonds is 3. The van der Waals surface area contributed by atoms with Crippen molar-refractivity contribution in [1.29, 1.82) is 0 Å². The maximum Gasteiger partial charge on any atom is 0.244 e. The van der Waals surface area contributed by atoms with Crippen LogP contribution >= 0.6 is 15.9 Å². The molecule has 1 heterocycles. The molecule has 1 aromatic rings. The van der Waals surface area contributed by atoms with Crippen molar-refractivity contribution in [3.63, 3.8) is 0 Å². The van der Waals surface area contributed by atoms with Crippen LogP contribution < -0.4 is 5.73 Å². The van der Waals surface area contributed by atoms with E-state index in [9.17, 15) is 8.42 Å². The number of hydrogen-bond donors (Lipinski definition) is 1. The number of hydrogen-bond acceptors (Lipinski definition) is 3. The number of halogens is 1. The van der Waals surface area contributed by atoms with E-state index < -0.39 is 10.0 Å². The summed E-state index contributed by atoms with van der Waals surface area (Å²) in [6, 6.07) is 5.15. The van der Waals surface area contributed by atoms with Crippen molar-refractivity contribution < 1.29 is 8.42 Å². The average molecular weight is 319 g/mol. The molecule has 0 aliphatic carbocycles. The van der Waals surface area contributed by atoms with Crippen LogP contribution in [0.1, 0.15) is 18.4 Å². The van der Waals surface area contributed by atoms with Gasteiger partial charge in [-0.05, 0) is 46.5 Å². The molecule has 0 aromatic heterocycles. The molecule has 0 radical (unpaired) electrons. The van der Waals surface area contributed by atoms with Crippen molar-refractivity contribution in [1.82, 2.24) is 4.31 Å². The number of sulfonamides is 1. The Bertz CT molecular complexity index is 510. The first kappa shape index (κ1) is 13.0. The van der Waals surface area contributed by atoms with Crippen molar-refractivity contribution in [3.8, 4) is 0 Å². The highest BCUT2D eigenvalue weighted by molar-refractivity contribution is 9.10. The van der Waals surface area contributed by atoms with Gasteiger partial charge in [0.2, 0.25) is 10.0 Å². The Morgan fingerprint density at radius 1 is 1.29 bits per heavy atom. The van der Waals surface area contributed by atoms with Crippen molar-refractivity contribution in [2.45, 2.75) is 24.3 Å². The highest BCUT2D eigenvalue weighted by atomic mass is 79.9. The molecule has 0 spiro atoms. The van der Waals surface area contributed by atoms with E-state index in [-0.39, 0.29) is 0 Å². The predicted molar refractivity (Wildman–Crippen MR) is 70.0 cm³/mol. The van der Waals surface area contributed by atoms with Gasteiger partial charge in [-0.15, -0.1) is 0 Å². The Morgan fingerprint density at radius 3 is 2.47 bits per heavy atom. The van der Waals surface area contributed by atoms with Crippen LogP contribution in [-0.2, 0) is 16.6 Å². The molecule has 1 fully saturated rings. The zero-order valence-corrected chi connectivity index (χ0v) is 11.8. The largest absolute Gasteiger partial charge is 0.326 e. The van der Waals surface area contributed by atoms with Gasteiger partial charge in [-0.2, -0.15) is 4.31 Å². The average Bonchev–Trinajstić information content (AvgIpc) is 2.82. The summed E-state index contributed by atoms with van der Waals surface area (Å²) in [5, 5.41) is 0. The van der Waals surface area contributed by atoms with Crippen molar-refractivity contribution in [2.75, 3.05) is 13.1 Å². The molecule has 1 aliphatic rings. The SMILES string of the molecule is NCc1ccc(S(=O)(=O)N2CCCC2)c(Br)c1. The maximum absolute atomic E-state index is 12.3. The summed E-state index contributed by atoms with van der Waals surface area (Å²) in [6.07, 6.45) is 1.88. The van der Waals surface area contributed by atoms with E-state index >= 15 is 0 Å². The van der Waals surface area contributed by atoms with Gasteiger partial charge in [0.15, 0.2) is 0 Å². The van der Waals surface area contributed by atoms with Crippen molar-refractivity contribution >= 4 is 26.0 Å². The van der Waals surface area contributed by atoms with Gasteiger partial charge >= 0.3 is 0 Å². The van der Waals surface area contributed by atoms with Crippen LogP contribution in [0.2, 0.25) is 0 Å². The second-order valence-corrected chi connectivity index (χ2v) is 6.84. The van der Waals surface area contributed by atoms with Crippen LogP contribution in [-0.4, -0.2) is 25.8 Å². The molecule has 0 saturated carbocycles. The minimum atomic E-state index is -3.35. The van der Waals surface area contributed by atoms with Crippen LogP contribution in [0.5, 0.6) is 0 Å². The molecule has 94 valence electrons. The first-order valence-electron chi connectivity index (χ1n) is 5.54. The number of nitrogens with two attached hydrogens (primary N) is 1. The minimum absolute atomic E-state index is 0.330. The molecule has 1 aliphatic heterocycles. The second kappa shape index (κ2) is 5.06. The zero-order valence-electron chi connectivity index (χ0n) is 9.39. The van der Waals surface area contributed by atoms with Gasteiger partial charge in [0, 0.05) is 24.1 Å². The summed E-state index contributed by atoms with van der Waals surface area (Å²) in [5.41, 5.74) is 6.43. The third-order valence-corrected chi connectivity index (χ3v) is 5.79. The van der Waals surface area contributed by atoms with E-state index in [1.165, 1.54) is 4.31 Å². The van der Waals surface area contributed by atoms with E-state index in [0.29, 0.717) is 29.0 Å². The van der Waals surface area contributed by atoms with Gasteiger partial charge in [-0.25, -0.2) is 8.42 Å². The van der Waals surface area contributed by atoms with Crippen molar-refractivity contribution in [2.24, 2.45) is 5.73 Å². The lowest BCUT2D eigenvalue weighted by atomic mass is 10.2. The Morgan fingerprint density at radius 2 is 1.94 bits per heavy atom. The summed E-state index contributed by atoms with van der Waals surface area (Å²) in [6.45, 7) is 1.64. The molecule has 4 nitrogen and oxygen atoms in total. The van der Waals surface area contributed by atoms with Gasteiger partial charge < -0.3 is 5.73 Å². The Kier molecular flexibility index (Phi) is 3.87. The summed E-state index contributed by atoms with van der Waals surface area (Å²) < 4.78 is 26.8. The normalized spacial score (nSPS) is 17.5. The topological polar surface area (TPSA) is 63.4 Å². The molecular formula is C11H15BrN2O2S. The highest BCUT2D eigenvalue weighted by Crippen LogP contribution is 2.28. The molecule has 0 atom stereocenters. The zero-order chi connectivity index (χ0) is 12.5. The van der Waals surface area contributed by atoms with Crippen LogP contribution in [0.25, 0.3) is 0 Å². The third kappa shape index (κ3) is 2.54. The summed E-state index contributed by atoms with van der Waals surface area (Å²) in [7, 11) is -3.35. The van der Waals surface area contributed by atoms with Gasteiger partial charge in [-0.1, -0.05) is 6.07 Å². The summed E-state index contributed by atoms with van der Waals surface area (Å²) in [4.78, 5) is 0.330. The van der Waals surface area contributed by atoms with E-state index in [1.54, 1.807) is 18.2 Å². The summed E-state index contributed by atoms with van der Waals surface area (Å²) >= 11 is 3.31. The van der Waals surface area contributed by atoms with Crippen LogP contribution in [0, 0.1) is 0 Å². The Labute approximate surface area is 110 Å². The first-order valence-corrected chi connectivity index (χ1v) is 7.77. The molecule has 2 N–H and O–H groups in total. The van der Waals surface area contributed by atoms with E-state index in [2.05, 4.69) is 15.9 Å². The molecule has 0 unspecified atom stereocenters. The first-order chi connectivity index (χ1) is 8.05. The van der Waals surface area contributed by atoms with Crippen LogP contribution in [0.3, 0.4) is 0 Å². The molecule has 17 heavy (non-hydrogen) atoms. The van der Waals surface area contributed by atoms with Gasteiger partial charge in [0.1, 0.15) is 0 Å². The molecular weight excluding hydrogens is 304 g/mol. The molecule has 1 saturated heterocycles. The van der Waals surface area contributed by atoms with Gasteiger partial charge in [0.05, 0.1) is 4.90 Å². The quantitative estimate of drug-likeness (QED) is 0.922. The second-order valence-electron chi connectivity index (χ2n) is 4.08. The standard InChI is InChI=1S/C11H15BrN2O2S/c12-10-7-9(8-13)3-4-11(10)17(15,16)14-5-1-2-6-14/h3-4,7H,1-2,5-6,8,13H2. The van der Waals surface area contributed by atoms with E-state index in [0.717, 1.165) is 18.4 Å². The smallest absolute Gasteiger partial charge is 0.244 e. The fourth-order valence-electron chi connectivity index (χ4n) is 1.95. The fraction of sp³-hybridized carbons (Fsp3) is 0.455. The Hall–Kier alpha value is -0.430. The Balaban J connectivity index is 2.39. The molecule has 0 amide bonds. The third-order valence-electron chi connectivity index (χ3n) is 2.91. The van der Waals surface area contributed by atoms with Crippen molar-refractivity contribution in [3.05, 3.63) is 28.2 Å². The molecule has 6 heteroatoms. The number of nitrogens with zero attached hydrogens (tertiary/aromatic N) is 1. The molecule has 2 rings (SSSR count). The highest BCUT2D eigenvalue weighted by Gasteiger charge is 2.28. The van der Waals surface area contributed by atoms with E-state index in [1.807, 2.05) is 0 Å². The lowest BCUT2D eigenvalue weighted by Crippen LogP contribution is -2.28. The van der Waals surface area contributed by atoms with Crippen LogP contribution in [0.4, 0.5) is 0 Å². The number of benzene rings is 1. The van der Waals surface area contributed by atoms with Gasteiger partial charge in [0.25, 0.3) is 0 Å². The molecule has 1 aromatic carbocycles.